The van der Waals surface area contributed by atoms with Crippen molar-refractivity contribution in [1.82, 2.24) is 4.90 Å². The van der Waals surface area contributed by atoms with Gasteiger partial charge in [0.1, 0.15) is 5.60 Å². The lowest BCUT2D eigenvalue weighted by Crippen LogP contribution is -2.49. The van der Waals surface area contributed by atoms with E-state index in [1.165, 1.54) is 4.90 Å². The van der Waals surface area contributed by atoms with Crippen LogP contribution in [0.25, 0.3) is 10.4 Å². The smallest absolute Gasteiger partial charge is 0.410 e. The highest BCUT2D eigenvalue weighted by molar-refractivity contribution is 5.68. The highest BCUT2D eigenvalue weighted by Gasteiger charge is 2.32. The molecular formula is C11H20N4O3. The summed E-state index contributed by atoms with van der Waals surface area (Å²) in [5, 5.41) is 3.66. The maximum absolute atomic E-state index is 11.9. The molecule has 7 heteroatoms. The zero-order valence-electron chi connectivity index (χ0n) is 11.3. The van der Waals surface area contributed by atoms with E-state index in [0.717, 1.165) is 0 Å². The first kappa shape index (κ1) is 14.6. The molecule has 0 aromatic heterocycles. The number of rotatable bonds is 2. The van der Waals surface area contributed by atoms with E-state index in [4.69, 9.17) is 15.0 Å². The first-order valence-electron chi connectivity index (χ1n) is 5.90. The highest BCUT2D eigenvalue weighted by atomic mass is 16.6. The van der Waals surface area contributed by atoms with Gasteiger partial charge in [0.05, 0.1) is 18.7 Å². The molecule has 0 spiro atoms. The van der Waals surface area contributed by atoms with Crippen LogP contribution in [0.2, 0.25) is 0 Å². The monoisotopic (exact) mass is 256 g/mol. The van der Waals surface area contributed by atoms with Gasteiger partial charge in [-0.05, 0) is 32.7 Å². The first-order chi connectivity index (χ1) is 8.35. The Morgan fingerprint density at radius 1 is 1.44 bits per heavy atom. The summed E-state index contributed by atoms with van der Waals surface area (Å²) in [5.41, 5.74) is 7.93. The van der Waals surface area contributed by atoms with E-state index in [2.05, 4.69) is 10.0 Å². The van der Waals surface area contributed by atoms with Crippen molar-refractivity contribution in [2.75, 3.05) is 20.2 Å². The summed E-state index contributed by atoms with van der Waals surface area (Å²) in [4.78, 5) is 16.3. The lowest BCUT2D eigenvalue weighted by molar-refractivity contribution is -0.0102. The number of piperidine rings is 1. The number of likely N-dealkylation sites (tertiary alicyclic amines) is 1. The Kier molecular flexibility index (Phi) is 4.81. The minimum atomic E-state index is -0.537. The second-order valence-corrected chi connectivity index (χ2v) is 5.34. The van der Waals surface area contributed by atoms with Crippen molar-refractivity contribution in [2.45, 2.75) is 44.9 Å². The van der Waals surface area contributed by atoms with Crippen molar-refractivity contribution >= 4 is 6.09 Å². The molecule has 1 rings (SSSR count). The van der Waals surface area contributed by atoms with E-state index in [9.17, 15) is 4.79 Å². The predicted molar refractivity (Wildman–Crippen MR) is 66.2 cm³/mol. The summed E-state index contributed by atoms with van der Waals surface area (Å²) >= 11 is 0. The molecule has 2 atom stereocenters. The lowest BCUT2D eigenvalue weighted by atomic mass is 10.0. The Morgan fingerprint density at radius 3 is 2.61 bits per heavy atom. The fourth-order valence-corrected chi connectivity index (χ4v) is 1.83. The molecule has 0 radical (unpaired) electrons. The molecular weight excluding hydrogens is 236 g/mol. The summed E-state index contributed by atoms with van der Waals surface area (Å²) in [6.45, 7) is 6.27. The van der Waals surface area contributed by atoms with Crippen LogP contribution in [0.15, 0.2) is 5.11 Å². The molecule has 1 fully saturated rings. The zero-order valence-corrected chi connectivity index (χ0v) is 11.3. The molecule has 0 saturated carbocycles. The topological polar surface area (TPSA) is 87.5 Å². The van der Waals surface area contributed by atoms with E-state index in [1.54, 1.807) is 7.11 Å². The lowest BCUT2D eigenvalue weighted by Gasteiger charge is -2.36. The first-order valence-corrected chi connectivity index (χ1v) is 5.90. The van der Waals surface area contributed by atoms with Crippen molar-refractivity contribution < 1.29 is 14.3 Å². The molecule has 1 amide bonds. The van der Waals surface area contributed by atoms with Gasteiger partial charge in [-0.15, -0.1) is 0 Å². The molecule has 18 heavy (non-hydrogen) atoms. The van der Waals surface area contributed by atoms with Gasteiger partial charge in [0.15, 0.2) is 0 Å². The van der Waals surface area contributed by atoms with Gasteiger partial charge < -0.3 is 14.4 Å². The van der Waals surface area contributed by atoms with Crippen molar-refractivity contribution in [3.63, 3.8) is 0 Å². The molecule has 102 valence electrons. The van der Waals surface area contributed by atoms with Gasteiger partial charge in [0, 0.05) is 18.6 Å². The van der Waals surface area contributed by atoms with Crippen LogP contribution in [0.1, 0.15) is 27.2 Å². The standard InChI is InChI=1S/C11H20N4O3/c1-11(2,3)18-10(16)15-6-8(13-14-12)5-9(7-15)17-4/h8-9H,5-7H2,1-4H3/t8-,9+/m1/s1. The molecule has 1 aliphatic rings. The Labute approximate surface area is 107 Å². The Morgan fingerprint density at radius 2 is 2.11 bits per heavy atom. The number of hydrogen-bond donors (Lipinski definition) is 0. The fourth-order valence-electron chi connectivity index (χ4n) is 1.83. The van der Waals surface area contributed by atoms with Crippen LogP contribution in [0.4, 0.5) is 4.79 Å². The van der Waals surface area contributed by atoms with Gasteiger partial charge in [0.2, 0.25) is 0 Å². The number of carbonyl (C=O) groups excluding carboxylic acids is 1. The second-order valence-electron chi connectivity index (χ2n) is 5.34. The largest absolute Gasteiger partial charge is 0.444 e. The summed E-state index contributed by atoms with van der Waals surface area (Å²) < 4.78 is 10.5. The summed E-state index contributed by atoms with van der Waals surface area (Å²) in [7, 11) is 1.58. The van der Waals surface area contributed by atoms with Gasteiger partial charge in [-0.3, -0.25) is 0 Å². The quantitative estimate of drug-likeness (QED) is 0.431. The normalized spacial score (nSPS) is 24.3. The highest BCUT2D eigenvalue weighted by Crippen LogP contribution is 2.19. The van der Waals surface area contributed by atoms with E-state index >= 15 is 0 Å². The zero-order chi connectivity index (χ0) is 13.8. The molecule has 1 aliphatic heterocycles. The molecule has 0 aromatic carbocycles. The molecule has 7 nitrogen and oxygen atoms in total. The molecule has 0 aliphatic carbocycles. The third-order valence-electron chi connectivity index (χ3n) is 2.59. The van der Waals surface area contributed by atoms with E-state index in [-0.39, 0.29) is 12.1 Å². The number of carbonyl (C=O) groups is 1. The Bertz CT molecular complexity index is 347. The molecule has 1 saturated heterocycles. The van der Waals surface area contributed by atoms with E-state index in [1.807, 2.05) is 20.8 Å². The number of nitrogens with zero attached hydrogens (tertiary/aromatic N) is 4. The van der Waals surface area contributed by atoms with E-state index < -0.39 is 11.7 Å². The summed E-state index contributed by atoms with van der Waals surface area (Å²) in [6, 6.07) is -0.263. The number of azide groups is 1. The Balaban J connectivity index is 2.69. The van der Waals surface area contributed by atoms with Crippen LogP contribution < -0.4 is 0 Å². The second kappa shape index (κ2) is 5.93. The third kappa shape index (κ3) is 4.43. The maximum Gasteiger partial charge on any atom is 0.410 e. The van der Waals surface area contributed by atoms with Crippen LogP contribution in [0.5, 0.6) is 0 Å². The van der Waals surface area contributed by atoms with Crippen molar-refractivity contribution in [2.24, 2.45) is 5.11 Å². The number of hydrogen-bond acceptors (Lipinski definition) is 4. The summed E-state index contributed by atoms with van der Waals surface area (Å²) in [5.74, 6) is 0. The van der Waals surface area contributed by atoms with Crippen LogP contribution in [0, 0.1) is 0 Å². The number of ether oxygens (including phenoxy) is 2. The van der Waals surface area contributed by atoms with Gasteiger partial charge in [-0.25, -0.2) is 4.79 Å². The average molecular weight is 256 g/mol. The molecule has 0 aromatic rings. The van der Waals surface area contributed by atoms with Crippen molar-refractivity contribution in [3.05, 3.63) is 10.4 Å². The number of methoxy groups -OCH3 is 1. The van der Waals surface area contributed by atoms with Crippen LogP contribution >= 0.6 is 0 Å². The predicted octanol–water partition coefficient (Wildman–Crippen LogP) is 2.32. The van der Waals surface area contributed by atoms with Gasteiger partial charge in [0.25, 0.3) is 0 Å². The molecule has 0 unspecified atom stereocenters. The third-order valence-corrected chi connectivity index (χ3v) is 2.59. The fraction of sp³-hybridized carbons (Fsp3) is 0.909. The van der Waals surface area contributed by atoms with Crippen LogP contribution in [0.3, 0.4) is 0 Å². The maximum atomic E-state index is 11.9. The van der Waals surface area contributed by atoms with Gasteiger partial charge >= 0.3 is 6.09 Å². The van der Waals surface area contributed by atoms with Gasteiger partial charge in [-0.1, -0.05) is 5.11 Å². The van der Waals surface area contributed by atoms with Crippen molar-refractivity contribution in [1.29, 1.82) is 0 Å². The minimum Gasteiger partial charge on any atom is -0.444 e. The number of amides is 1. The van der Waals surface area contributed by atoms with Crippen LogP contribution in [-0.2, 0) is 9.47 Å². The summed E-state index contributed by atoms with van der Waals surface area (Å²) in [6.07, 6.45) is 0.101. The van der Waals surface area contributed by atoms with Crippen LogP contribution in [-0.4, -0.2) is 48.9 Å². The molecule has 0 N–H and O–H groups in total. The Hall–Kier alpha value is -1.46. The van der Waals surface area contributed by atoms with Crippen molar-refractivity contribution in [3.8, 4) is 0 Å². The average Bonchev–Trinajstić information content (AvgIpc) is 2.26. The molecule has 0 bridgehead atoms. The van der Waals surface area contributed by atoms with Gasteiger partial charge in [-0.2, -0.15) is 0 Å². The minimum absolute atomic E-state index is 0.123. The SMILES string of the molecule is CO[C@H]1C[C@@H](N=[N+]=[N-])CN(C(=O)OC(C)(C)C)C1. The van der Waals surface area contributed by atoms with E-state index in [0.29, 0.717) is 19.5 Å². The molecule has 1 heterocycles.